The minimum Gasteiger partial charge on any atom is -0.399 e. The van der Waals surface area contributed by atoms with Crippen molar-refractivity contribution in [3.05, 3.63) is 24.3 Å². The third-order valence-corrected chi connectivity index (χ3v) is 3.20. The quantitative estimate of drug-likeness (QED) is 0.737. The summed E-state index contributed by atoms with van der Waals surface area (Å²) in [6, 6.07) is 8.13. The summed E-state index contributed by atoms with van der Waals surface area (Å²) >= 11 is 0. The molecular formula is C14H25N3. The van der Waals surface area contributed by atoms with E-state index in [1.54, 1.807) is 0 Å². The molecule has 0 radical (unpaired) electrons. The fraction of sp³-hybridized carbons (Fsp3) is 0.571. The standard InChI is InChI=1S/C14H25N3/c1-4-16(5-2)10-11-17(6-3)14-9-7-8-13(15)12-14/h7-9,12H,4-6,10-11,15H2,1-3H3. The second kappa shape index (κ2) is 7.17. The van der Waals surface area contributed by atoms with Crippen LogP contribution >= 0.6 is 0 Å². The zero-order chi connectivity index (χ0) is 12.7. The zero-order valence-electron chi connectivity index (χ0n) is 11.3. The summed E-state index contributed by atoms with van der Waals surface area (Å²) in [6.07, 6.45) is 0. The molecule has 17 heavy (non-hydrogen) atoms. The SMILES string of the molecule is CCN(CC)CCN(CC)c1cccc(N)c1. The van der Waals surface area contributed by atoms with E-state index in [2.05, 4.69) is 36.6 Å². The van der Waals surface area contributed by atoms with Crippen LogP contribution in [-0.2, 0) is 0 Å². The summed E-state index contributed by atoms with van der Waals surface area (Å²) in [5.41, 5.74) is 7.88. The summed E-state index contributed by atoms with van der Waals surface area (Å²) in [5.74, 6) is 0. The number of anilines is 2. The van der Waals surface area contributed by atoms with Gasteiger partial charge in [-0.25, -0.2) is 0 Å². The molecule has 0 aromatic heterocycles. The van der Waals surface area contributed by atoms with Crippen LogP contribution in [0.4, 0.5) is 11.4 Å². The molecule has 2 N–H and O–H groups in total. The smallest absolute Gasteiger partial charge is 0.0387 e. The number of hydrogen-bond acceptors (Lipinski definition) is 3. The van der Waals surface area contributed by atoms with Crippen LogP contribution < -0.4 is 10.6 Å². The molecule has 3 nitrogen and oxygen atoms in total. The van der Waals surface area contributed by atoms with Crippen molar-refractivity contribution < 1.29 is 0 Å². The van der Waals surface area contributed by atoms with Crippen molar-refractivity contribution in [2.45, 2.75) is 20.8 Å². The molecular weight excluding hydrogens is 210 g/mol. The van der Waals surface area contributed by atoms with Crippen molar-refractivity contribution in [2.75, 3.05) is 43.4 Å². The van der Waals surface area contributed by atoms with Gasteiger partial charge in [-0.1, -0.05) is 19.9 Å². The highest BCUT2D eigenvalue weighted by atomic mass is 15.2. The number of benzene rings is 1. The van der Waals surface area contributed by atoms with Crippen molar-refractivity contribution in [1.29, 1.82) is 0 Å². The van der Waals surface area contributed by atoms with E-state index in [9.17, 15) is 0 Å². The molecule has 0 aliphatic heterocycles. The Bertz CT molecular complexity index is 321. The van der Waals surface area contributed by atoms with Crippen molar-refractivity contribution in [3.63, 3.8) is 0 Å². The Balaban J connectivity index is 2.59. The van der Waals surface area contributed by atoms with Crippen LogP contribution in [0.15, 0.2) is 24.3 Å². The molecule has 0 saturated carbocycles. The van der Waals surface area contributed by atoms with Crippen LogP contribution in [0.3, 0.4) is 0 Å². The summed E-state index contributed by atoms with van der Waals surface area (Å²) in [7, 11) is 0. The van der Waals surface area contributed by atoms with Crippen LogP contribution in [0.1, 0.15) is 20.8 Å². The first-order chi connectivity index (χ1) is 8.21. The Labute approximate surface area is 105 Å². The molecule has 0 heterocycles. The van der Waals surface area contributed by atoms with Crippen LogP contribution in [0.2, 0.25) is 0 Å². The largest absolute Gasteiger partial charge is 0.399 e. The highest BCUT2D eigenvalue weighted by Gasteiger charge is 2.06. The minimum absolute atomic E-state index is 0.837. The van der Waals surface area contributed by atoms with E-state index in [0.717, 1.165) is 38.4 Å². The average molecular weight is 235 g/mol. The average Bonchev–Trinajstić information content (AvgIpc) is 2.35. The normalized spacial score (nSPS) is 10.8. The van der Waals surface area contributed by atoms with Gasteiger partial charge >= 0.3 is 0 Å². The number of nitrogen functional groups attached to an aromatic ring is 1. The van der Waals surface area contributed by atoms with Crippen LogP contribution in [0, 0.1) is 0 Å². The zero-order valence-corrected chi connectivity index (χ0v) is 11.3. The summed E-state index contributed by atoms with van der Waals surface area (Å²) in [5, 5.41) is 0. The van der Waals surface area contributed by atoms with Crippen molar-refractivity contribution in [3.8, 4) is 0 Å². The van der Waals surface area contributed by atoms with Gasteiger partial charge in [0, 0.05) is 31.0 Å². The van der Waals surface area contributed by atoms with Gasteiger partial charge in [0.1, 0.15) is 0 Å². The Morgan fingerprint density at radius 2 is 1.71 bits per heavy atom. The van der Waals surface area contributed by atoms with Gasteiger partial charge < -0.3 is 15.5 Å². The van der Waals surface area contributed by atoms with Crippen molar-refractivity contribution >= 4 is 11.4 Å². The second-order valence-electron chi connectivity index (χ2n) is 4.20. The Hall–Kier alpha value is -1.22. The molecule has 0 bridgehead atoms. The molecule has 1 aromatic carbocycles. The molecule has 1 rings (SSSR count). The number of nitrogens with two attached hydrogens (primary N) is 1. The second-order valence-corrected chi connectivity index (χ2v) is 4.20. The van der Waals surface area contributed by atoms with Gasteiger partial charge in [0.05, 0.1) is 0 Å². The van der Waals surface area contributed by atoms with Gasteiger partial charge in [-0.3, -0.25) is 0 Å². The van der Waals surface area contributed by atoms with Crippen LogP contribution in [0.25, 0.3) is 0 Å². The van der Waals surface area contributed by atoms with E-state index >= 15 is 0 Å². The third-order valence-electron chi connectivity index (χ3n) is 3.20. The first kappa shape index (κ1) is 13.8. The predicted molar refractivity (Wildman–Crippen MR) is 76.5 cm³/mol. The predicted octanol–water partition coefficient (Wildman–Crippen LogP) is 2.44. The van der Waals surface area contributed by atoms with Gasteiger partial charge in [-0.05, 0) is 38.2 Å². The number of hydrogen-bond donors (Lipinski definition) is 1. The van der Waals surface area contributed by atoms with Crippen LogP contribution in [-0.4, -0.2) is 37.6 Å². The van der Waals surface area contributed by atoms with Crippen molar-refractivity contribution in [2.24, 2.45) is 0 Å². The molecule has 0 unspecified atom stereocenters. The maximum Gasteiger partial charge on any atom is 0.0387 e. The molecule has 0 atom stereocenters. The van der Waals surface area contributed by atoms with E-state index < -0.39 is 0 Å². The van der Waals surface area contributed by atoms with E-state index in [1.807, 2.05) is 18.2 Å². The molecule has 0 aliphatic carbocycles. The number of rotatable bonds is 7. The van der Waals surface area contributed by atoms with E-state index in [0.29, 0.717) is 0 Å². The molecule has 96 valence electrons. The summed E-state index contributed by atoms with van der Waals surface area (Å²) in [4.78, 5) is 4.81. The Kier molecular flexibility index (Phi) is 5.84. The molecule has 3 heteroatoms. The first-order valence-corrected chi connectivity index (χ1v) is 6.54. The first-order valence-electron chi connectivity index (χ1n) is 6.54. The van der Waals surface area contributed by atoms with Gasteiger partial charge in [-0.2, -0.15) is 0 Å². The van der Waals surface area contributed by atoms with Gasteiger partial charge in [-0.15, -0.1) is 0 Å². The lowest BCUT2D eigenvalue weighted by Crippen LogP contribution is -2.35. The fourth-order valence-electron chi connectivity index (χ4n) is 1.99. The topological polar surface area (TPSA) is 32.5 Å². The van der Waals surface area contributed by atoms with Crippen molar-refractivity contribution in [1.82, 2.24) is 4.90 Å². The Morgan fingerprint density at radius 1 is 1.00 bits per heavy atom. The highest BCUT2D eigenvalue weighted by Crippen LogP contribution is 2.16. The lowest BCUT2D eigenvalue weighted by Gasteiger charge is -2.27. The monoisotopic (exact) mass is 235 g/mol. The lowest BCUT2D eigenvalue weighted by atomic mass is 10.2. The van der Waals surface area contributed by atoms with E-state index in [4.69, 9.17) is 5.73 Å². The molecule has 0 aliphatic rings. The third kappa shape index (κ3) is 4.27. The number of likely N-dealkylation sites (N-methyl/N-ethyl adjacent to an activating group) is 2. The number of nitrogens with zero attached hydrogens (tertiary/aromatic N) is 2. The molecule has 0 amide bonds. The van der Waals surface area contributed by atoms with E-state index in [1.165, 1.54) is 5.69 Å². The van der Waals surface area contributed by atoms with Gasteiger partial charge in [0.25, 0.3) is 0 Å². The van der Waals surface area contributed by atoms with Gasteiger partial charge in [0.2, 0.25) is 0 Å². The summed E-state index contributed by atoms with van der Waals surface area (Å²) < 4.78 is 0. The maximum atomic E-state index is 5.82. The highest BCUT2D eigenvalue weighted by molar-refractivity contribution is 5.55. The molecule has 0 spiro atoms. The fourth-order valence-corrected chi connectivity index (χ4v) is 1.99. The molecule has 1 aromatic rings. The minimum atomic E-state index is 0.837. The lowest BCUT2D eigenvalue weighted by molar-refractivity contribution is 0.310. The maximum absolute atomic E-state index is 5.82. The molecule has 0 saturated heterocycles. The van der Waals surface area contributed by atoms with E-state index in [-0.39, 0.29) is 0 Å². The summed E-state index contributed by atoms with van der Waals surface area (Å²) in [6.45, 7) is 12.0. The Morgan fingerprint density at radius 3 is 2.24 bits per heavy atom. The molecule has 0 fully saturated rings. The van der Waals surface area contributed by atoms with Crippen LogP contribution in [0.5, 0.6) is 0 Å². The van der Waals surface area contributed by atoms with Gasteiger partial charge in [0.15, 0.2) is 0 Å².